The molecule has 10 nitrogen and oxygen atoms in total. The Kier molecular flexibility index (Phi) is 6.78. The van der Waals surface area contributed by atoms with Gasteiger partial charge in [0.15, 0.2) is 6.23 Å². The van der Waals surface area contributed by atoms with Gasteiger partial charge in [-0.25, -0.2) is 9.67 Å². The van der Waals surface area contributed by atoms with Crippen molar-refractivity contribution in [3.63, 3.8) is 0 Å². The predicted molar refractivity (Wildman–Crippen MR) is 147 cm³/mol. The van der Waals surface area contributed by atoms with E-state index in [0.717, 1.165) is 47.9 Å². The Hall–Kier alpha value is -4.20. The first kappa shape index (κ1) is 26.0. The highest BCUT2D eigenvalue weighted by molar-refractivity contribution is 5.88. The molecule has 2 aliphatic rings. The maximum absolute atomic E-state index is 13.5. The summed E-state index contributed by atoms with van der Waals surface area (Å²) in [5.74, 6) is 0.775. The molecule has 0 saturated heterocycles. The number of nitrogens with zero attached hydrogens (tertiary/aromatic N) is 4. The van der Waals surface area contributed by atoms with Crippen molar-refractivity contribution < 1.29 is 19.1 Å². The first-order valence-corrected chi connectivity index (χ1v) is 13.7. The summed E-state index contributed by atoms with van der Waals surface area (Å²) in [4.78, 5) is 17.5. The van der Waals surface area contributed by atoms with Crippen molar-refractivity contribution in [2.45, 2.75) is 68.7 Å². The average Bonchev–Trinajstić information content (AvgIpc) is 3.39. The number of rotatable bonds is 8. The smallest absolute Gasteiger partial charge is 0.241 e. The SMILES string of the molecule is COc1cc(-c2ccc3cc(C(O)NC4(C(=O)NC5(C#N)CC5)CCCCCC4)oc3c2)ccc1-n1cncn1. The molecular weight excluding hydrogens is 508 g/mol. The Morgan fingerprint density at radius 3 is 2.52 bits per heavy atom. The molecule has 4 aromatic rings. The van der Waals surface area contributed by atoms with Crippen LogP contribution in [0.15, 0.2) is 59.5 Å². The van der Waals surface area contributed by atoms with Gasteiger partial charge in [0, 0.05) is 5.39 Å². The van der Waals surface area contributed by atoms with Crippen LogP contribution in [0.3, 0.4) is 0 Å². The number of hydrogen-bond acceptors (Lipinski definition) is 8. The van der Waals surface area contributed by atoms with E-state index in [1.807, 2.05) is 36.4 Å². The zero-order chi connectivity index (χ0) is 27.7. The van der Waals surface area contributed by atoms with Gasteiger partial charge in [0.1, 0.15) is 46.5 Å². The van der Waals surface area contributed by atoms with Gasteiger partial charge in [-0.05, 0) is 61.1 Å². The molecule has 1 unspecified atom stereocenters. The topological polar surface area (TPSA) is 138 Å². The zero-order valence-corrected chi connectivity index (χ0v) is 22.4. The highest BCUT2D eigenvalue weighted by Crippen LogP contribution is 2.38. The maximum atomic E-state index is 13.5. The molecule has 0 radical (unpaired) electrons. The van der Waals surface area contributed by atoms with E-state index in [4.69, 9.17) is 9.15 Å². The molecule has 0 spiro atoms. The monoisotopic (exact) mass is 540 g/mol. The van der Waals surface area contributed by atoms with Gasteiger partial charge in [0.25, 0.3) is 0 Å². The van der Waals surface area contributed by atoms with Gasteiger partial charge in [-0.2, -0.15) is 10.4 Å². The normalized spacial score (nSPS) is 18.4. The quantitative estimate of drug-likeness (QED) is 0.219. The zero-order valence-electron chi connectivity index (χ0n) is 22.4. The van der Waals surface area contributed by atoms with Crippen molar-refractivity contribution in [2.24, 2.45) is 0 Å². The fourth-order valence-corrected chi connectivity index (χ4v) is 5.57. The largest absolute Gasteiger partial charge is 0.494 e. The predicted octanol–water partition coefficient (Wildman–Crippen LogP) is 4.53. The number of benzene rings is 2. The molecule has 6 rings (SSSR count). The molecule has 3 N–H and O–H groups in total. The summed E-state index contributed by atoms with van der Waals surface area (Å²) in [7, 11) is 1.61. The van der Waals surface area contributed by atoms with E-state index >= 15 is 0 Å². The molecule has 206 valence electrons. The number of furan rings is 1. The number of methoxy groups -OCH3 is 1. The molecule has 40 heavy (non-hydrogen) atoms. The van der Waals surface area contributed by atoms with Crippen molar-refractivity contribution in [2.75, 3.05) is 7.11 Å². The van der Waals surface area contributed by atoms with Crippen LogP contribution in [0.4, 0.5) is 0 Å². The minimum atomic E-state index is -1.18. The molecule has 2 heterocycles. The number of fused-ring (bicyclic) bond motifs is 1. The van der Waals surface area contributed by atoms with Crippen LogP contribution >= 0.6 is 0 Å². The van der Waals surface area contributed by atoms with E-state index in [0.29, 0.717) is 42.8 Å². The van der Waals surface area contributed by atoms with Crippen molar-refractivity contribution in [1.29, 1.82) is 5.26 Å². The van der Waals surface area contributed by atoms with Crippen LogP contribution in [-0.2, 0) is 4.79 Å². The second-order valence-corrected chi connectivity index (χ2v) is 10.8. The van der Waals surface area contributed by atoms with Crippen LogP contribution in [0, 0.1) is 11.3 Å². The summed E-state index contributed by atoms with van der Waals surface area (Å²) in [6, 6.07) is 15.7. The van der Waals surface area contributed by atoms with E-state index < -0.39 is 17.3 Å². The Balaban J connectivity index is 1.25. The van der Waals surface area contributed by atoms with Gasteiger partial charge in [0.2, 0.25) is 5.91 Å². The molecule has 2 fully saturated rings. The summed E-state index contributed by atoms with van der Waals surface area (Å²) in [5, 5.41) is 32.0. The minimum Gasteiger partial charge on any atom is -0.494 e. The summed E-state index contributed by atoms with van der Waals surface area (Å²) in [6.45, 7) is 0. The van der Waals surface area contributed by atoms with Crippen molar-refractivity contribution in [3.05, 3.63) is 60.9 Å². The van der Waals surface area contributed by atoms with Crippen molar-refractivity contribution in [1.82, 2.24) is 25.4 Å². The summed E-state index contributed by atoms with van der Waals surface area (Å²) in [5.41, 5.74) is 1.51. The number of hydrogen-bond donors (Lipinski definition) is 3. The van der Waals surface area contributed by atoms with Crippen LogP contribution in [0.2, 0.25) is 0 Å². The Bertz CT molecular complexity index is 1560. The lowest BCUT2D eigenvalue weighted by molar-refractivity contribution is -0.131. The number of aliphatic hydroxyl groups excluding tert-OH is 1. The summed E-state index contributed by atoms with van der Waals surface area (Å²) in [6.07, 6.45) is 8.22. The lowest BCUT2D eigenvalue weighted by Gasteiger charge is -2.35. The lowest BCUT2D eigenvalue weighted by Crippen LogP contribution is -2.59. The molecule has 2 aromatic carbocycles. The molecule has 1 amide bonds. The first-order valence-electron chi connectivity index (χ1n) is 13.7. The molecule has 2 aromatic heterocycles. The van der Waals surface area contributed by atoms with Crippen molar-refractivity contribution >= 4 is 16.9 Å². The van der Waals surface area contributed by atoms with Gasteiger partial charge < -0.3 is 19.6 Å². The van der Waals surface area contributed by atoms with Crippen LogP contribution in [0.25, 0.3) is 27.8 Å². The van der Waals surface area contributed by atoms with Crippen LogP contribution in [0.1, 0.15) is 63.4 Å². The van der Waals surface area contributed by atoms with Crippen LogP contribution in [0.5, 0.6) is 5.75 Å². The maximum Gasteiger partial charge on any atom is 0.241 e. The number of aromatic nitrogens is 3. The Morgan fingerprint density at radius 1 is 1.10 bits per heavy atom. The molecule has 2 aliphatic carbocycles. The summed E-state index contributed by atoms with van der Waals surface area (Å²) < 4.78 is 13.4. The molecule has 0 aliphatic heterocycles. The third-order valence-electron chi connectivity index (χ3n) is 8.11. The first-order chi connectivity index (χ1) is 19.4. The number of amides is 1. The summed E-state index contributed by atoms with van der Waals surface area (Å²) >= 11 is 0. The highest BCUT2D eigenvalue weighted by Gasteiger charge is 2.49. The van der Waals surface area contributed by atoms with Crippen LogP contribution in [-0.4, -0.2) is 44.0 Å². The minimum absolute atomic E-state index is 0.214. The molecule has 2 saturated carbocycles. The van der Waals surface area contributed by atoms with Crippen molar-refractivity contribution in [3.8, 4) is 28.6 Å². The van der Waals surface area contributed by atoms with Gasteiger partial charge >= 0.3 is 0 Å². The highest BCUT2D eigenvalue weighted by atomic mass is 16.5. The number of ether oxygens (including phenoxy) is 1. The van der Waals surface area contributed by atoms with Gasteiger partial charge in [-0.15, -0.1) is 0 Å². The third kappa shape index (κ3) is 4.94. The van der Waals surface area contributed by atoms with Crippen LogP contribution < -0.4 is 15.4 Å². The fraction of sp³-hybridized carbons (Fsp3) is 0.400. The average molecular weight is 541 g/mol. The number of nitrogens with one attached hydrogen (secondary N) is 2. The van der Waals surface area contributed by atoms with E-state index in [1.165, 1.54) is 6.33 Å². The number of aliphatic hydroxyl groups is 1. The van der Waals surface area contributed by atoms with E-state index in [1.54, 1.807) is 24.2 Å². The fourth-order valence-electron chi connectivity index (χ4n) is 5.57. The van der Waals surface area contributed by atoms with E-state index in [9.17, 15) is 15.2 Å². The molecule has 1 atom stereocenters. The Morgan fingerprint density at radius 2 is 1.85 bits per heavy atom. The Labute approximate surface area is 232 Å². The van der Waals surface area contributed by atoms with Gasteiger partial charge in [0.05, 0.1) is 13.2 Å². The lowest BCUT2D eigenvalue weighted by atomic mass is 9.88. The van der Waals surface area contributed by atoms with Gasteiger partial charge in [-0.3, -0.25) is 10.1 Å². The number of nitriles is 1. The van der Waals surface area contributed by atoms with Gasteiger partial charge in [-0.1, -0.05) is 43.9 Å². The second-order valence-electron chi connectivity index (χ2n) is 10.8. The number of carbonyl (C=O) groups excluding carboxylic acids is 1. The number of carbonyl (C=O) groups is 1. The molecule has 10 heteroatoms. The molecular formula is C30H32N6O4. The second kappa shape index (κ2) is 10.4. The van der Waals surface area contributed by atoms with E-state index in [-0.39, 0.29) is 5.91 Å². The third-order valence-corrected chi connectivity index (χ3v) is 8.11. The molecule has 0 bridgehead atoms. The van der Waals surface area contributed by atoms with E-state index in [2.05, 4.69) is 26.8 Å². The standard InChI is InChI=1S/C30H32N6O4/c1-39-25-15-21(8-9-23(25)36-19-32-18-33-36)20-6-7-22-16-26(40-24(22)14-20)27(37)34-30(10-4-2-3-5-11-30)28(38)35-29(17-31)12-13-29/h6-9,14-16,18-19,27,34,37H,2-5,10-13H2,1H3,(H,35,38).